The van der Waals surface area contributed by atoms with Gasteiger partial charge in [0.25, 0.3) is 5.92 Å². The van der Waals surface area contributed by atoms with Crippen LogP contribution in [0.3, 0.4) is 0 Å². The summed E-state index contributed by atoms with van der Waals surface area (Å²) in [6.45, 7) is 25.2. The smallest absolute Gasteiger partial charge is 0.272 e. The topological polar surface area (TPSA) is 15.6 Å². The molecule has 1 rings (SSSR count). The predicted molar refractivity (Wildman–Crippen MR) is 176 cm³/mol. The molecule has 39 heavy (non-hydrogen) atoms. The molecule has 1 unspecified atom stereocenters. The lowest BCUT2D eigenvalue weighted by atomic mass is 9.97. The van der Waals surface area contributed by atoms with Crippen LogP contribution in [0, 0.1) is 18.8 Å². The van der Waals surface area contributed by atoms with Crippen molar-refractivity contribution in [3.05, 3.63) is 59.3 Å². The van der Waals surface area contributed by atoms with Crippen molar-refractivity contribution in [3.8, 4) is 12.8 Å². The maximum atomic E-state index is 13.9. The van der Waals surface area contributed by atoms with Gasteiger partial charge in [0.2, 0.25) is 0 Å². The third-order valence-corrected chi connectivity index (χ3v) is 5.89. The van der Waals surface area contributed by atoms with E-state index in [0.29, 0.717) is 12.1 Å². The van der Waals surface area contributed by atoms with Gasteiger partial charge in [-0.05, 0) is 83.7 Å². The number of alkyl halides is 2. The molecule has 0 aromatic carbocycles. The zero-order valence-electron chi connectivity index (χ0n) is 27.6. The van der Waals surface area contributed by atoms with Crippen LogP contribution in [0.4, 0.5) is 8.78 Å². The van der Waals surface area contributed by atoms with Crippen molar-refractivity contribution in [2.45, 2.75) is 114 Å². The van der Waals surface area contributed by atoms with E-state index in [-0.39, 0.29) is 5.57 Å². The first-order valence-corrected chi connectivity index (χ1v) is 14.6. The molecule has 0 amide bonds. The van der Waals surface area contributed by atoms with Gasteiger partial charge in [-0.2, -0.15) is 0 Å². The third kappa shape index (κ3) is 24.5. The molecule has 4 heteroatoms. The minimum atomic E-state index is -2.93. The molecule has 0 aromatic heterocycles. The lowest BCUT2D eigenvalue weighted by Crippen LogP contribution is -2.20. The summed E-state index contributed by atoms with van der Waals surface area (Å²) in [6.07, 6.45) is 24.7. The van der Waals surface area contributed by atoms with E-state index in [2.05, 4.69) is 57.1 Å². The lowest BCUT2D eigenvalue weighted by molar-refractivity contribution is 0.0700. The van der Waals surface area contributed by atoms with Crippen LogP contribution in [-0.4, -0.2) is 43.7 Å². The zero-order chi connectivity index (χ0) is 31.4. The van der Waals surface area contributed by atoms with Crippen LogP contribution < -0.4 is 0 Å². The maximum absolute atomic E-state index is 13.9. The summed E-state index contributed by atoms with van der Waals surface area (Å²) in [5, 5.41) is 0. The second kappa shape index (κ2) is 28.8. The number of hydrogen-bond donors (Lipinski definition) is 0. The van der Waals surface area contributed by atoms with E-state index in [9.17, 15) is 8.78 Å². The number of terminal acetylenes is 1. The fourth-order valence-corrected chi connectivity index (χ4v) is 3.62. The molecule has 0 aromatic rings. The summed E-state index contributed by atoms with van der Waals surface area (Å²) in [5.74, 6) is -1.91. The number of rotatable bonds is 10. The highest BCUT2D eigenvalue weighted by molar-refractivity contribution is 6.00. The molecular formula is C35H62F2N2. The molecule has 0 bridgehead atoms. The molecule has 1 saturated heterocycles. The molecule has 0 radical (unpaired) electrons. The molecule has 1 heterocycles. The normalized spacial score (nSPS) is 16.8. The summed E-state index contributed by atoms with van der Waals surface area (Å²) in [5.41, 5.74) is 3.17. The highest BCUT2D eigenvalue weighted by Gasteiger charge is 2.29. The van der Waals surface area contributed by atoms with E-state index in [0.717, 1.165) is 29.6 Å². The second-order valence-corrected chi connectivity index (χ2v) is 9.61. The average Bonchev–Trinajstić information content (AvgIpc) is 3.34. The SMILES string of the molecule is C#C.C=C/C=C(\C)C/C=C(\C=C(/C(C)=NC)C(C)(F)F)C(/C)=C/C.CC.CCC.CCCCC1CCN(C)C1. The van der Waals surface area contributed by atoms with Gasteiger partial charge < -0.3 is 4.90 Å². The molecule has 1 fully saturated rings. The summed E-state index contributed by atoms with van der Waals surface area (Å²) < 4.78 is 27.7. The number of halogens is 2. The van der Waals surface area contributed by atoms with Gasteiger partial charge in [-0.1, -0.05) is 90.3 Å². The fourth-order valence-electron chi connectivity index (χ4n) is 3.62. The highest BCUT2D eigenvalue weighted by atomic mass is 19.3. The Kier molecular flexibility index (Phi) is 32.3. The van der Waals surface area contributed by atoms with E-state index < -0.39 is 5.92 Å². The maximum Gasteiger partial charge on any atom is 0.272 e. The summed E-state index contributed by atoms with van der Waals surface area (Å²) in [6, 6.07) is 0. The van der Waals surface area contributed by atoms with Gasteiger partial charge in [-0.15, -0.1) is 12.8 Å². The number of nitrogens with zero attached hydrogens (tertiary/aromatic N) is 2. The largest absolute Gasteiger partial charge is 0.306 e. The van der Waals surface area contributed by atoms with Crippen LogP contribution in [0.15, 0.2) is 64.2 Å². The van der Waals surface area contributed by atoms with Crippen LogP contribution in [0.1, 0.15) is 108 Å². The van der Waals surface area contributed by atoms with Gasteiger partial charge in [-0.25, -0.2) is 8.78 Å². The van der Waals surface area contributed by atoms with E-state index in [4.69, 9.17) is 0 Å². The van der Waals surface area contributed by atoms with Gasteiger partial charge in [0.05, 0.1) is 0 Å². The molecular weight excluding hydrogens is 486 g/mol. The van der Waals surface area contributed by atoms with Crippen molar-refractivity contribution < 1.29 is 8.78 Å². The molecule has 1 aliphatic heterocycles. The Morgan fingerprint density at radius 3 is 2.03 bits per heavy atom. The van der Waals surface area contributed by atoms with Crippen molar-refractivity contribution in [2.24, 2.45) is 10.9 Å². The standard InChI is InChI=1S/C19H27F2N.C9H19N.C3H8.C2H6.C2H2/c1-8-10-14(3)11-12-17(15(4)9-2)13-18(16(5)22-7)19(6,20)21;1-3-4-5-9-6-7-10(2)8-9;1-3-2;2*1-2/h8-10,12-13H,1,11H2,2-7H3;9H,3-8H2,1-2H3;3H2,1-2H3;1-2H3;1-2H/b14-10+,15-9+,17-12+,18-13+,22-16?;;;;. The molecule has 1 atom stereocenters. The molecule has 0 spiro atoms. The lowest BCUT2D eigenvalue weighted by Gasteiger charge is -2.16. The predicted octanol–water partition coefficient (Wildman–Crippen LogP) is 10.9. The van der Waals surface area contributed by atoms with Crippen LogP contribution >= 0.6 is 0 Å². The van der Waals surface area contributed by atoms with E-state index >= 15 is 0 Å². The van der Waals surface area contributed by atoms with Gasteiger partial charge in [-0.3, -0.25) is 4.99 Å². The molecule has 0 aliphatic carbocycles. The van der Waals surface area contributed by atoms with Crippen molar-refractivity contribution in [1.29, 1.82) is 0 Å². The summed E-state index contributed by atoms with van der Waals surface area (Å²) in [4.78, 5) is 6.36. The Labute approximate surface area is 243 Å². The first kappa shape index (κ1) is 43.8. The Bertz CT molecular complexity index is 774. The molecule has 2 nitrogen and oxygen atoms in total. The third-order valence-electron chi connectivity index (χ3n) is 5.89. The van der Waals surface area contributed by atoms with Crippen LogP contribution in [0.25, 0.3) is 0 Å². The Morgan fingerprint density at radius 2 is 1.67 bits per heavy atom. The summed E-state index contributed by atoms with van der Waals surface area (Å²) in [7, 11) is 3.75. The van der Waals surface area contributed by atoms with Gasteiger partial charge in [0.15, 0.2) is 0 Å². The van der Waals surface area contributed by atoms with Crippen molar-refractivity contribution >= 4 is 5.71 Å². The quantitative estimate of drug-likeness (QED) is 0.151. The first-order valence-electron chi connectivity index (χ1n) is 14.6. The van der Waals surface area contributed by atoms with Gasteiger partial charge >= 0.3 is 0 Å². The van der Waals surface area contributed by atoms with E-state index in [1.54, 1.807) is 19.1 Å². The van der Waals surface area contributed by atoms with Crippen molar-refractivity contribution in [2.75, 3.05) is 27.2 Å². The monoisotopic (exact) mass is 548 g/mol. The van der Waals surface area contributed by atoms with Crippen LogP contribution in [0.5, 0.6) is 0 Å². The van der Waals surface area contributed by atoms with Gasteiger partial charge in [0, 0.05) is 31.8 Å². The number of allylic oxidation sites excluding steroid dienone is 9. The first-order chi connectivity index (χ1) is 18.4. The number of unbranched alkanes of at least 4 members (excludes halogenated alkanes) is 1. The van der Waals surface area contributed by atoms with Gasteiger partial charge in [0.1, 0.15) is 0 Å². The minimum absolute atomic E-state index is 0.0483. The molecule has 1 aliphatic rings. The molecule has 0 N–H and O–H groups in total. The van der Waals surface area contributed by atoms with E-state index in [1.807, 2.05) is 52.8 Å². The van der Waals surface area contributed by atoms with E-state index in [1.165, 1.54) is 52.2 Å². The van der Waals surface area contributed by atoms with Crippen molar-refractivity contribution in [3.63, 3.8) is 0 Å². The number of likely N-dealkylation sites (tertiary alicyclic amines) is 1. The fraction of sp³-hybridized carbons (Fsp3) is 0.629. The zero-order valence-corrected chi connectivity index (χ0v) is 27.6. The highest BCUT2D eigenvalue weighted by Crippen LogP contribution is 2.28. The Balaban J connectivity index is -0.000000296. The average molecular weight is 549 g/mol. The Hall–Kier alpha value is -2.25. The molecule has 0 saturated carbocycles. The second-order valence-electron chi connectivity index (χ2n) is 9.61. The number of aliphatic imine (C=N–C) groups is 1. The van der Waals surface area contributed by atoms with Crippen LogP contribution in [0.2, 0.25) is 0 Å². The summed E-state index contributed by atoms with van der Waals surface area (Å²) >= 11 is 0. The number of hydrogen-bond acceptors (Lipinski definition) is 2. The minimum Gasteiger partial charge on any atom is -0.306 e. The molecule has 226 valence electrons. The van der Waals surface area contributed by atoms with Crippen LogP contribution in [-0.2, 0) is 0 Å². The van der Waals surface area contributed by atoms with Crippen molar-refractivity contribution in [1.82, 2.24) is 4.90 Å². The Morgan fingerprint density at radius 1 is 1.13 bits per heavy atom.